The van der Waals surface area contributed by atoms with Gasteiger partial charge in [-0.05, 0) is 45.4 Å². The number of furan rings is 1. The number of hydrogen-bond donors (Lipinski definition) is 0. The zero-order valence-electron chi connectivity index (χ0n) is 9.72. The molecule has 0 N–H and O–H groups in total. The van der Waals surface area contributed by atoms with Crippen LogP contribution >= 0.6 is 0 Å². The average Bonchev–Trinajstić information content (AvgIpc) is 2.55. The van der Waals surface area contributed by atoms with Crippen LogP contribution in [0.2, 0.25) is 0 Å². The van der Waals surface area contributed by atoms with Gasteiger partial charge < -0.3 is 4.42 Å². The largest absolute Gasteiger partial charge is 0.456 e. The van der Waals surface area contributed by atoms with E-state index >= 15 is 0 Å². The third-order valence-electron chi connectivity index (χ3n) is 2.62. The minimum Gasteiger partial charge on any atom is -0.456 e. The molecule has 1 aromatic heterocycles. The van der Waals surface area contributed by atoms with E-state index in [2.05, 4.69) is 45.9 Å². The van der Waals surface area contributed by atoms with Crippen molar-refractivity contribution >= 4 is 22.6 Å². The maximum Gasteiger partial charge on any atom is 0.135 e. The minimum absolute atomic E-state index is 0.977. The summed E-state index contributed by atoms with van der Waals surface area (Å²) in [6.45, 7) is 8.32. The van der Waals surface area contributed by atoms with Crippen molar-refractivity contribution in [3.8, 4) is 0 Å². The first-order chi connectivity index (χ1) is 7.13. The highest BCUT2D eigenvalue weighted by atomic mass is 16.3. The summed E-state index contributed by atoms with van der Waals surface area (Å²) in [5.41, 5.74) is 4.48. The van der Waals surface area contributed by atoms with Crippen LogP contribution in [-0.4, -0.2) is 0 Å². The summed E-state index contributed by atoms with van der Waals surface area (Å²) in [6, 6.07) is 6.31. The lowest BCUT2D eigenvalue weighted by Gasteiger charge is -1.90. The van der Waals surface area contributed by atoms with Crippen LogP contribution in [-0.2, 0) is 0 Å². The molecular weight excluding hydrogens is 184 g/mol. The number of aryl methyl sites for hydroxylation is 1. The summed E-state index contributed by atoms with van der Waals surface area (Å²) in [5.74, 6) is 0. The van der Waals surface area contributed by atoms with Crippen LogP contribution in [0.15, 0.2) is 22.6 Å². The second kappa shape index (κ2) is 3.58. The minimum atomic E-state index is 0.977. The van der Waals surface area contributed by atoms with E-state index < -0.39 is 0 Å². The molecule has 0 atom stereocenters. The first-order valence-corrected chi connectivity index (χ1v) is 5.26. The van der Waals surface area contributed by atoms with Gasteiger partial charge in [0.15, 0.2) is 0 Å². The van der Waals surface area contributed by atoms with E-state index in [4.69, 9.17) is 4.42 Å². The van der Waals surface area contributed by atoms with E-state index in [9.17, 15) is 0 Å². The van der Waals surface area contributed by atoms with Gasteiger partial charge in [-0.25, -0.2) is 0 Å². The van der Waals surface area contributed by atoms with Crippen molar-refractivity contribution in [3.63, 3.8) is 0 Å². The van der Waals surface area contributed by atoms with Gasteiger partial charge in [0, 0.05) is 10.6 Å². The van der Waals surface area contributed by atoms with Gasteiger partial charge in [0.1, 0.15) is 11.0 Å². The van der Waals surface area contributed by atoms with Crippen LogP contribution in [0.4, 0.5) is 0 Å². The SMILES string of the molecule is C/C=c1\c(=C(C)C)oc2ccc(C)cc12. The third-order valence-corrected chi connectivity index (χ3v) is 2.62. The van der Waals surface area contributed by atoms with Crippen LogP contribution < -0.4 is 10.6 Å². The summed E-state index contributed by atoms with van der Waals surface area (Å²) in [5, 5.41) is 2.43. The predicted octanol–water partition coefficient (Wildman–Crippen LogP) is 2.73. The molecule has 15 heavy (non-hydrogen) atoms. The average molecular weight is 200 g/mol. The van der Waals surface area contributed by atoms with Gasteiger partial charge in [0.05, 0.1) is 0 Å². The highest BCUT2D eigenvalue weighted by Gasteiger charge is 2.02. The zero-order chi connectivity index (χ0) is 11.0. The second-order valence-corrected chi connectivity index (χ2v) is 4.13. The smallest absolute Gasteiger partial charge is 0.135 e. The number of benzene rings is 1. The quantitative estimate of drug-likeness (QED) is 0.637. The number of fused-ring (bicyclic) bond motifs is 1. The van der Waals surface area contributed by atoms with Crippen molar-refractivity contribution in [2.75, 3.05) is 0 Å². The summed E-state index contributed by atoms with van der Waals surface area (Å²) in [6.07, 6.45) is 2.12. The van der Waals surface area contributed by atoms with Crippen LogP contribution in [0.5, 0.6) is 0 Å². The molecule has 0 unspecified atom stereocenters. The Balaban J connectivity index is 3.08. The summed E-state index contributed by atoms with van der Waals surface area (Å²) in [4.78, 5) is 0. The predicted molar refractivity (Wildman–Crippen MR) is 65.1 cm³/mol. The van der Waals surface area contributed by atoms with E-state index in [1.54, 1.807) is 0 Å². The van der Waals surface area contributed by atoms with Crippen molar-refractivity contribution in [3.05, 3.63) is 34.4 Å². The Kier molecular flexibility index (Phi) is 2.39. The number of hydrogen-bond acceptors (Lipinski definition) is 1. The Morgan fingerprint density at radius 3 is 2.60 bits per heavy atom. The van der Waals surface area contributed by atoms with Crippen LogP contribution in [0, 0.1) is 6.92 Å². The van der Waals surface area contributed by atoms with E-state index in [-0.39, 0.29) is 0 Å². The third kappa shape index (κ3) is 1.58. The molecule has 0 amide bonds. The number of rotatable bonds is 0. The Labute approximate surface area is 89.7 Å². The molecule has 0 aliphatic carbocycles. The molecule has 1 heterocycles. The van der Waals surface area contributed by atoms with E-state index in [0.717, 1.165) is 11.0 Å². The van der Waals surface area contributed by atoms with Gasteiger partial charge in [-0.1, -0.05) is 17.7 Å². The molecule has 0 saturated heterocycles. The maximum absolute atomic E-state index is 5.84. The van der Waals surface area contributed by atoms with Crippen molar-refractivity contribution in [2.24, 2.45) is 0 Å². The monoisotopic (exact) mass is 200 g/mol. The van der Waals surface area contributed by atoms with Crippen molar-refractivity contribution in [2.45, 2.75) is 27.7 Å². The fraction of sp³-hybridized carbons (Fsp3) is 0.286. The highest BCUT2D eigenvalue weighted by Crippen LogP contribution is 2.11. The molecule has 78 valence electrons. The van der Waals surface area contributed by atoms with Gasteiger partial charge in [-0.2, -0.15) is 0 Å². The molecule has 0 spiro atoms. The Bertz CT molecular complexity index is 611. The first-order valence-electron chi connectivity index (χ1n) is 5.26. The Morgan fingerprint density at radius 1 is 1.27 bits per heavy atom. The molecule has 1 nitrogen and oxygen atoms in total. The molecule has 1 heteroatoms. The van der Waals surface area contributed by atoms with Crippen molar-refractivity contribution < 1.29 is 4.42 Å². The topological polar surface area (TPSA) is 13.1 Å². The molecule has 2 aromatic rings. The Hall–Kier alpha value is -1.50. The molecule has 1 aromatic carbocycles. The summed E-state index contributed by atoms with van der Waals surface area (Å²) >= 11 is 0. The maximum atomic E-state index is 5.84. The van der Waals surface area contributed by atoms with Gasteiger partial charge in [0.2, 0.25) is 0 Å². The fourth-order valence-electron chi connectivity index (χ4n) is 1.89. The molecular formula is C14H16O. The second-order valence-electron chi connectivity index (χ2n) is 4.13. The summed E-state index contributed by atoms with van der Waals surface area (Å²) < 4.78 is 5.84. The lowest BCUT2D eigenvalue weighted by molar-refractivity contribution is 0.571. The molecule has 0 radical (unpaired) electrons. The van der Waals surface area contributed by atoms with E-state index in [0.29, 0.717) is 0 Å². The van der Waals surface area contributed by atoms with Gasteiger partial charge in [0.25, 0.3) is 0 Å². The molecule has 0 aliphatic heterocycles. The van der Waals surface area contributed by atoms with E-state index in [1.807, 2.05) is 6.07 Å². The molecule has 0 fully saturated rings. The lowest BCUT2D eigenvalue weighted by Crippen LogP contribution is -2.21. The van der Waals surface area contributed by atoms with Crippen LogP contribution in [0.3, 0.4) is 0 Å². The lowest BCUT2D eigenvalue weighted by atomic mass is 10.1. The fourth-order valence-corrected chi connectivity index (χ4v) is 1.89. The van der Waals surface area contributed by atoms with Gasteiger partial charge in [-0.15, -0.1) is 0 Å². The molecule has 0 saturated carbocycles. The zero-order valence-corrected chi connectivity index (χ0v) is 9.72. The highest BCUT2D eigenvalue weighted by molar-refractivity contribution is 5.79. The summed E-state index contributed by atoms with van der Waals surface area (Å²) in [7, 11) is 0. The van der Waals surface area contributed by atoms with Crippen molar-refractivity contribution in [1.82, 2.24) is 0 Å². The molecule has 2 rings (SSSR count). The molecule has 0 aliphatic rings. The molecule has 0 bridgehead atoms. The van der Waals surface area contributed by atoms with Crippen LogP contribution in [0.1, 0.15) is 26.3 Å². The standard InChI is InChI=1S/C14H16O/c1-5-11-12-8-10(4)6-7-13(12)15-14(11)9(2)3/h5-8H,1-4H3/b11-5-. The van der Waals surface area contributed by atoms with Crippen LogP contribution in [0.25, 0.3) is 22.6 Å². The van der Waals surface area contributed by atoms with Gasteiger partial charge >= 0.3 is 0 Å². The van der Waals surface area contributed by atoms with E-state index in [1.165, 1.54) is 21.7 Å². The Morgan fingerprint density at radius 2 is 2.00 bits per heavy atom. The van der Waals surface area contributed by atoms with Gasteiger partial charge in [-0.3, -0.25) is 0 Å². The first kappa shape index (κ1) is 10.0. The normalized spacial score (nSPS) is 12.4. The van der Waals surface area contributed by atoms with Crippen molar-refractivity contribution in [1.29, 1.82) is 0 Å².